The molecule has 2 rings (SSSR count). The number of rotatable bonds is 3. The van der Waals surface area contributed by atoms with Crippen LogP contribution in [0, 0.1) is 5.92 Å². The summed E-state index contributed by atoms with van der Waals surface area (Å²) >= 11 is 0. The first-order valence-electron chi connectivity index (χ1n) is 6.57. The van der Waals surface area contributed by atoms with Gasteiger partial charge in [0.15, 0.2) is 0 Å². The van der Waals surface area contributed by atoms with Crippen LogP contribution in [0.4, 0.5) is 13.2 Å². The van der Waals surface area contributed by atoms with Crippen LogP contribution in [0.3, 0.4) is 0 Å². The van der Waals surface area contributed by atoms with Gasteiger partial charge in [-0.25, -0.2) is 0 Å². The fraction of sp³-hybridized carbons (Fsp3) is 0.500. The maximum Gasteiger partial charge on any atom is 0.416 e. The highest BCUT2D eigenvalue weighted by Crippen LogP contribution is 2.33. The van der Waals surface area contributed by atoms with Crippen LogP contribution >= 0.6 is 0 Å². The summed E-state index contributed by atoms with van der Waals surface area (Å²) in [5.74, 6) is -1.92. The van der Waals surface area contributed by atoms with E-state index in [1.54, 1.807) is 4.90 Å². The molecule has 0 unspecified atom stereocenters. The molecule has 21 heavy (non-hydrogen) atoms. The lowest BCUT2D eigenvalue weighted by atomic mass is 9.93. The number of hydrogen-bond donors (Lipinski definition) is 2. The van der Waals surface area contributed by atoms with Crippen molar-refractivity contribution >= 4 is 5.97 Å². The summed E-state index contributed by atoms with van der Waals surface area (Å²) in [6.45, 7) is 0.447. The largest absolute Gasteiger partial charge is 0.481 e. The topological polar surface area (TPSA) is 60.8 Å². The molecule has 1 aliphatic heterocycles. The zero-order valence-electron chi connectivity index (χ0n) is 11.2. The molecule has 1 fully saturated rings. The van der Waals surface area contributed by atoms with Crippen molar-refractivity contribution in [1.29, 1.82) is 0 Å². The van der Waals surface area contributed by atoms with E-state index < -0.39 is 29.7 Å². The van der Waals surface area contributed by atoms with Crippen LogP contribution in [-0.2, 0) is 17.5 Å². The minimum Gasteiger partial charge on any atom is -0.481 e. The number of piperidine rings is 1. The summed E-state index contributed by atoms with van der Waals surface area (Å²) < 4.78 is 38.7. The highest BCUT2D eigenvalue weighted by Gasteiger charge is 2.35. The van der Waals surface area contributed by atoms with E-state index in [2.05, 4.69) is 0 Å². The van der Waals surface area contributed by atoms with Crippen LogP contribution in [0.1, 0.15) is 17.5 Å². The van der Waals surface area contributed by atoms with E-state index in [0.29, 0.717) is 6.54 Å². The molecule has 0 bridgehead atoms. The van der Waals surface area contributed by atoms with E-state index in [4.69, 9.17) is 5.11 Å². The van der Waals surface area contributed by atoms with E-state index in [1.165, 1.54) is 18.2 Å². The number of aliphatic hydroxyl groups is 1. The van der Waals surface area contributed by atoms with Crippen LogP contribution in [0.5, 0.6) is 0 Å². The van der Waals surface area contributed by atoms with E-state index in [1.807, 2.05) is 0 Å². The molecule has 0 aliphatic carbocycles. The van der Waals surface area contributed by atoms with Gasteiger partial charge in [-0.3, -0.25) is 9.69 Å². The summed E-state index contributed by atoms with van der Waals surface area (Å²) in [5.41, 5.74) is -0.564. The zero-order valence-corrected chi connectivity index (χ0v) is 11.2. The van der Waals surface area contributed by atoms with E-state index in [9.17, 15) is 23.1 Å². The molecule has 0 amide bonds. The van der Waals surface area contributed by atoms with Crippen molar-refractivity contribution in [1.82, 2.24) is 4.90 Å². The summed E-state index contributed by atoms with van der Waals surface area (Å²) in [5, 5.41) is 18.7. The van der Waals surface area contributed by atoms with Gasteiger partial charge in [0.25, 0.3) is 0 Å². The maximum absolute atomic E-state index is 12.9. The van der Waals surface area contributed by atoms with Crippen LogP contribution in [0.2, 0.25) is 0 Å². The number of likely N-dealkylation sites (tertiary alicyclic amines) is 1. The number of carboxylic acids is 1. The third-order valence-corrected chi connectivity index (χ3v) is 3.70. The Labute approximate surface area is 119 Å². The second kappa shape index (κ2) is 6.03. The first kappa shape index (κ1) is 15.8. The predicted octanol–water partition coefficient (Wildman–Crippen LogP) is 1.97. The van der Waals surface area contributed by atoms with Gasteiger partial charge >= 0.3 is 12.1 Å². The lowest BCUT2D eigenvalue weighted by Crippen LogP contribution is -2.46. The minimum atomic E-state index is -4.42. The molecule has 0 saturated carbocycles. The van der Waals surface area contributed by atoms with Gasteiger partial charge in [0, 0.05) is 13.1 Å². The van der Waals surface area contributed by atoms with Crippen LogP contribution < -0.4 is 0 Å². The maximum atomic E-state index is 12.9. The van der Waals surface area contributed by atoms with Crippen molar-refractivity contribution in [3.63, 3.8) is 0 Å². The number of aliphatic carboxylic acids is 1. The molecule has 7 heteroatoms. The molecule has 0 aromatic heterocycles. The second-order valence-electron chi connectivity index (χ2n) is 5.19. The number of benzene rings is 1. The predicted molar refractivity (Wildman–Crippen MR) is 68.5 cm³/mol. The molecular formula is C14H16F3NO3. The quantitative estimate of drug-likeness (QED) is 0.896. The third-order valence-electron chi connectivity index (χ3n) is 3.70. The van der Waals surface area contributed by atoms with Gasteiger partial charge in [-0.15, -0.1) is 0 Å². The number of β-amino-alcohol motifs (C(OH)–C–C–N with tert-alkyl or cyclic N) is 1. The Morgan fingerprint density at radius 1 is 1.33 bits per heavy atom. The van der Waals surface area contributed by atoms with Gasteiger partial charge in [0.1, 0.15) is 0 Å². The highest BCUT2D eigenvalue weighted by atomic mass is 19.4. The molecule has 0 radical (unpaired) electrons. The van der Waals surface area contributed by atoms with Gasteiger partial charge < -0.3 is 10.2 Å². The van der Waals surface area contributed by atoms with Crippen LogP contribution in [-0.4, -0.2) is 40.3 Å². The Balaban J connectivity index is 2.09. The molecule has 1 aromatic rings. The Kier molecular flexibility index (Phi) is 4.53. The SMILES string of the molecule is O=C(O)[C@H]1CCN(Cc2ccccc2C(F)(F)F)C[C@H]1O. The van der Waals surface area contributed by atoms with Gasteiger partial charge in [0.2, 0.25) is 0 Å². The molecule has 1 heterocycles. The smallest absolute Gasteiger partial charge is 0.416 e. The standard InChI is InChI=1S/C14H16F3NO3/c15-14(16,17)11-4-2-1-3-9(11)7-18-6-5-10(13(20)21)12(19)8-18/h1-4,10,12,19H,5-8H2,(H,20,21)/t10-,12+/m0/s1. The molecule has 0 spiro atoms. The zero-order chi connectivity index (χ0) is 15.6. The van der Waals surface area contributed by atoms with Crippen LogP contribution in [0.25, 0.3) is 0 Å². The Bertz CT molecular complexity index is 518. The number of aliphatic hydroxyl groups excluding tert-OH is 1. The average molecular weight is 303 g/mol. The molecule has 1 aliphatic rings. The van der Waals surface area contributed by atoms with Crippen molar-refractivity contribution in [2.45, 2.75) is 25.2 Å². The number of carbonyl (C=O) groups is 1. The van der Waals surface area contributed by atoms with Crippen molar-refractivity contribution < 1.29 is 28.2 Å². The van der Waals surface area contributed by atoms with Crippen molar-refractivity contribution in [2.75, 3.05) is 13.1 Å². The molecule has 1 saturated heterocycles. The van der Waals surface area contributed by atoms with Crippen LogP contribution in [0.15, 0.2) is 24.3 Å². The van der Waals surface area contributed by atoms with E-state index in [0.717, 1.165) is 6.07 Å². The minimum absolute atomic E-state index is 0.0408. The number of carboxylic acid groups (broad SMARTS) is 1. The average Bonchev–Trinajstić information content (AvgIpc) is 2.37. The normalized spacial score (nSPS) is 24.0. The first-order valence-corrected chi connectivity index (χ1v) is 6.57. The molecule has 2 atom stereocenters. The molecule has 4 nitrogen and oxygen atoms in total. The Hall–Kier alpha value is -1.60. The van der Waals surface area contributed by atoms with E-state index in [-0.39, 0.29) is 25.1 Å². The van der Waals surface area contributed by atoms with Gasteiger partial charge in [-0.1, -0.05) is 18.2 Å². The Morgan fingerprint density at radius 3 is 2.57 bits per heavy atom. The summed E-state index contributed by atoms with van der Waals surface area (Å²) in [4.78, 5) is 12.5. The van der Waals surface area contributed by atoms with Gasteiger partial charge in [0.05, 0.1) is 17.6 Å². The summed E-state index contributed by atoms with van der Waals surface area (Å²) in [6, 6.07) is 5.29. The summed E-state index contributed by atoms with van der Waals surface area (Å²) in [6.07, 6.45) is -5.26. The first-order chi connectivity index (χ1) is 9.79. The monoisotopic (exact) mass is 303 g/mol. The highest BCUT2D eigenvalue weighted by molar-refractivity contribution is 5.70. The second-order valence-corrected chi connectivity index (χ2v) is 5.19. The molecule has 1 aromatic carbocycles. The fourth-order valence-electron chi connectivity index (χ4n) is 2.60. The third kappa shape index (κ3) is 3.74. The van der Waals surface area contributed by atoms with Crippen molar-refractivity contribution in [3.8, 4) is 0 Å². The van der Waals surface area contributed by atoms with Gasteiger partial charge in [-0.2, -0.15) is 13.2 Å². The summed E-state index contributed by atoms with van der Waals surface area (Å²) in [7, 11) is 0. The lowest BCUT2D eigenvalue weighted by Gasteiger charge is -2.34. The Morgan fingerprint density at radius 2 is 2.00 bits per heavy atom. The lowest BCUT2D eigenvalue weighted by molar-refractivity contribution is -0.148. The van der Waals surface area contributed by atoms with Crippen molar-refractivity contribution in [3.05, 3.63) is 35.4 Å². The number of nitrogens with zero attached hydrogens (tertiary/aromatic N) is 1. The molecule has 116 valence electrons. The molecular weight excluding hydrogens is 287 g/mol. The van der Waals surface area contributed by atoms with E-state index >= 15 is 0 Å². The van der Waals surface area contributed by atoms with Gasteiger partial charge in [-0.05, 0) is 24.6 Å². The number of halogens is 3. The number of hydrogen-bond acceptors (Lipinski definition) is 3. The number of alkyl halides is 3. The fourth-order valence-corrected chi connectivity index (χ4v) is 2.60. The molecule has 2 N–H and O–H groups in total. The van der Waals surface area contributed by atoms with Crippen molar-refractivity contribution in [2.24, 2.45) is 5.92 Å².